The lowest BCUT2D eigenvalue weighted by Gasteiger charge is -2.09. The fourth-order valence-corrected chi connectivity index (χ4v) is 4.19. The molecule has 0 radical (unpaired) electrons. The Morgan fingerprint density at radius 3 is 2.47 bits per heavy atom. The molecule has 3 aromatic carbocycles. The van der Waals surface area contributed by atoms with Gasteiger partial charge in [-0.3, -0.25) is 0 Å². The summed E-state index contributed by atoms with van der Waals surface area (Å²) in [6, 6.07) is 22.6. The van der Waals surface area contributed by atoms with Gasteiger partial charge in [0.2, 0.25) is 0 Å². The first-order valence-corrected chi connectivity index (χ1v) is 11.0. The molecule has 2 aromatic heterocycles. The maximum Gasteiger partial charge on any atom is 0.160 e. The smallest absolute Gasteiger partial charge is 0.160 e. The summed E-state index contributed by atoms with van der Waals surface area (Å²) in [4.78, 5) is 9.88. The summed E-state index contributed by atoms with van der Waals surface area (Å²) in [6.45, 7) is 3.67. The molecule has 30 heavy (non-hydrogen) atoms. The zero-order chi connectivity index (χ0) is 20.5. The van der Waals surface area contributed by atoms with Gasteiger partial charge in [0.1, 0.15) is 11.3 Å². The molecule has 0 atom stereocenters. The Morgan fingerprint density at radius 2 is 1.67 bits per heavy atom. The number of nitrogens with zero attached hydrogens (tertiary/aromatic N) is 3. The zero-order valence-electron chi connectivity index (χ0n) is 16.8. The Balaban J connectivity index is 1.41. The predicted octanol–water partition coefficient (Wildman–Crippen LogP) is 6.67. The van der Waals surface area contributed by atoms with Crippen molar-refractivity contribution in [2.75, 3.05) is 6.61 Å². The minimum absolute atomic E-state index is 0.709. The number of para-hydroxylation sites is 2. The van der Waals surface area contributed by atoms with E-state index in [0.717, 1.165) is 57.2 Å². The highest BCUT2D eigenvalue weighted by Gasteiger charge is 2.14. The molecule has 4 nitrogen and oxygen atoms in total. The number of unbranched alkanes of at least 4 members (excludes halogenated alkanes) is 1. The number of benzene rings is 3. The summed E-state index contributed by atoms with van der Waals surface area (Å²) in [5.41, 5.74) is 6.17. The van der Waals surface area contributed by atoms with Gasteiger partial charge in [0, 0.05) is 16.4 Å². The first-order valence-electron chi connectivity index (χ1n) is 10.2. The summed E-state index contributed by atoms with van der Waals surface area (Å²) < 4.78 is 9.23. The van der Waals surface area contributed by atoms with Gasteiger partial charge in [0.05, 0.1) is 23.2 Å². The van der Waals surface area contributed by atoms with E-state index < -0.39 is 0 Å². The standard InChI is InChI=1S/C25H22BrN3O/c1-17-8-11-19(12-9-17)30-15-5-4-14-29-23-13-10-18(26)16-20(23)24-25(29)28-22-7-3-2-6-21(22)27-24/h2-3,6-13,16H,4-5,14-15H2,1H3. The van der Waals surface area contributed by atoms with Crippen molar-refractivity contribution in [3.8, 4) is 5.75 Å². The van der Waals surface area contributed by atoms with Gasteiger partial charge >= 0.3 is 0 Å². The topological polar surface area (TPSA) is 39.9 Å². The second-order valence-electron chi connectivity index (χ2n) is 7.57. The van der Waals surface area contributed by atoms with Gasteiger partial charge in [-0.05, 0) is 62.2 Å². The maximum atomic E-state index is 5.89. The monoisotopic (exact) mass is 459 g/mol. The van der Waals surface area contributed by atoms with Crippen LogP contribution in [0.5, 0.6) is 5.75 Å². The van der Waals surface area contributed by atoms with Crippen LogP contribution in [0.25, 0.3) is 33.1 Å². The number of hydrogen-bond donors (Lipinski definition) is 0. The third-order valence-corrected chi connectivity index (χ3v) is 5.87. The fourth-order valence-electron chi connectivity index (χ4n) is 3.83. The number of hydrogen-bond acceptors (Lipinski definition) is 3. The van der Waals surface area contributed by atoms with Crippen LogP contribution in [-0.2, 0) is 6.54 Å². The Hall–Kier alpha value is -2.92. The summed E-state index contributed by atoms with van der Waals surface area (Å²) in [6.07, 6.45) is 1.99. The van der Waals surface area contributed by atoms with Gasteiger partial charge in [0.15, 0.2) is 5.65 Å². The molecule has 0 aliphatic heterocycles. The maximum absolute atomic E-state index is 5.89. The van der Waals surface area contributed by atoms with E-state index in [1.165, 1.54) is 11.1 Å². The van der Waals surface area contributed by atoms with Crippen molar-refractivity contribution in [2.24, 2.45) is 0 Å². The van der Waals surface area contributed by atoms with Crippen molar-refractivity contribution >= 4 is 49.0 Å². The fraction of sp³-hybridized carbons (Fsp3) is 0.200. The molecule has 0 unspecified atom stereocenters. The van der Waals surface area contributed by atoms with Gasteiger partial charge in [-0.25, -0.2) is 9.97 Å². The van der Waals surface area contributed by atoms with Gasteiger partial charge in [-0.15, -0.1) is 0 Å². The molecule has 0 spiro atoms. The lowest BCUT2D eigenvalue weighted by molar-refractivity contribution is 0.304. The highest BCUT2D eigenvalue weighted by Crippen LogP contribution is 2.30. The summed E-state index contributed by atoms with van der Waals surface area (Å²) >= 11 is 3.60. The largest absolute Gasteiger partial charge is 0.494 e. The third kappa shape index (κ3) is 3.65. The molecule has 5 heteroatoms. The molecular weight excluding hydrogens is 438 g/mol. The van der Waals surface area contributed by atoms with Crippen LogP contribution < -0.4 is 4.74 Å². The van der Waals surface area contributed by atoms with Crippen molar-refractivity contribution in [1.82, 2.24) is 14.5 Å². The summed E-state index contributed by atoms with van der Waals surface area (Å²) in [7, 11) is 0. The SMILES string of the molecule is Cc1ccc(OCCCCn2c3ccc(Br)cc3c3nc4ccccc4nc32)cc1. The van der Waals surface area contributed by atoms with E-state index in [-0.39, 0.29) is 0 Å². The Morgan fingerprint density at radius 1 is 0.900 bits per heavy atom. The molecule has 150 valence electrons. The van der Waals surface area contributed by atoms with Crippen molar-refractivity contribution in [3.05, 3.63) is 76.8 Å². The molecule has 0 bridgehead atoms. The summed E-state index contributed by atoms with van der Waals surface area (Å²) in [5, 5.41) is 1.13. The minimum Gasteiger partial charge on any atom is -0.494 e. The van der Waals surface area contributed by atoms with Crippen LogP contribution in [0.4, 0.5) is 0 Å². The molecule has 0 amide bonds. The number of ether oxygens (including phenoxy) is 1. The molecule has 5 rings (SSSR count). The van der Waals surface area contributed by atoms with Crippen LogP contribution in [0.1, 0.15) is 18.4 Å². The van der Waals surface area contributed by atoms with Crippen LogP contribution in [-0.4, -0.2) is 21.1 Å². The van der Waals surface area contributed by atoms with E-state index in [1.54, 1.807) is 0 Å². The molecule has 5 aromatic rings. The van der Waals surface area contributed by atoms with Crippen molar-refractivity contribution < 1.29 is 4.74 Å². The number of halogens is 1. The molecular formula is C25H22BrN3O. The Bertz CT molecular complexity index is 1340. The predicted molar refractivity (Wildman–Crippen MR) is 126 cm³/mol. The highest BCUT2D eigenvalue weighted by molar-refractivity contribution is 9.10. The molecule has 0 aliphatic rings. The lowest BCUT2D eigenvalue weighted by atomic mass is 10.2. The zero-order valence-corrected chi connectivity index (χ0v) is 18.4. The van der Waals surface area contributed by atoms with E-state index in [2.05, 4.69) is 57.8 Å². The third-order valence-electron chi connectivity index (χ3n) is 5.38. The number of fused-ring (bicyclic) bond motifs is 4. The second-order valence-corrected chi connectivity index (χ2v) is 8.48. The number of aromatic nitrogens is 3. The molecule has 0 saturated carbocycles. The van der Waals surface area contributed by atoms with Crippen molar-refractivity contribution in [1.29, 1.82) is 0 Å². The quantitative estimate of drug-likeness (QED) is 0.266. The number of rotatable bonds is 6. The van der Waals surface area contributed by atoms with E-state index in [1.807, 2.05) is 36.4 Å². The van der Waals surface area contributed by atoms with E-state index in [4.69, 9.17) is 14.7 Å². The van der Waals surface area contributed by atoms with Gasteiger partial charge < -0.3 is 9.30 Å². The van der Waals surface area contributed by atoms with E-state index in [9.17, 15) is 0 Å². The van der Waals surface area contributed by atoms with Gasteiger partial charge in [-0.2, -0.15) is 0 Å². The van der Waals surface area contributed by atoms with Gasteiger partial charge in [0.25, 0.3) is 0 Å². The van der Waals surface area contributed by atoms with E-state index in [0.29, 0.717) is 6.61 Å². The molecule has 2 heterocycles. The number of aryl methyl sites for hydroxylation is 2. The highest BCUT2D eigenvalue weighted by atomic mass is 79.9. The van der Waals surface area contributed by atoms with E-state index >= 15 is 0 Å². The minimum atomic E-state index is 0.709. The second kappa shape index (κ2) is 8.07. The van der Waals surface area contributed by atoms with Gasteiger partial charge in [-0.1, -0.05) is 45.8 Å². The molecule has 0 N–H and O–H groups in total. The first-order chi connectivity index (χ1) is 14.7. The van der Waals surface area contributed by atoms with Crippen molar-refractivity contribution in [3.63, 3.8) is 0 Å². The lowest BCUT2D eigenvalue weighted by Crippen LogP contribution is -2.03. The van der Waals surface area contributed by atoms with Crippen LogP contribution >= 0.6 is 15.9 Å². The molecule has 0 aliphatic carbocycles. The normalized spacial score (nSPS) is 11.5. The molecule has 0 fully saturated rings. The Labute approximate surface area is 183 Å². The average Bonchev–Trinajstić information content (AvgIpc) is 3.05. The molecule has 0 saturated heterocycles. The van der Waals surface area contributed by atoms with Crippen LogP contribution in [0.3, 0.4) is 0 Å². The Kier molecular flexibility index (Phi) is 5.13. The first kappa shape index (κ1) is 19.1. The average molecular weight is 460 g/mol. The summed E-state index contributed by atoms with van der Waals surface area (Å²) in [5.74, 6) is 0.930. The van der Waals surface area contributed by atoms with Crippen LogP contribution in [0.15, 0.2) is 71.2 Å². The van der Waals surface area contributed by atoms with Crippen LogP contribution in [0.2, 0.25) is 0 Å². The van der Waals surface area contributed by atoms with Crippen molar-refractivity contribution in [2.45, 2.75) is 26.3 Å². The van der Waals surface area contributed by atoms with Crippen LogP contribution in [0, 0.1) is 6.92 Å².